The average Bonchev–Trinajstić information content (AvgIpc) is 2.47. The standard InChI is InChI=1S/C15H19N5O/c1-20(2)14-17-13(16)18-15(19-14)21-12-9-5-7-10-6-3-4-8-11(10)12/h3-4,6,8,12H,5,7,9H2,1-2H3,(H2,16,17,18,19). The zero-order valence-corrected chi connectivity index (χ0v) is 12.3. The molecule has 0 saturated heterocycles. The number of benzene rings is 1. The van der Waals surface area contributed by atoms with Gasteiger partial charge < -0.3 is 15.4 Å². The quantitative estimate of drug-likeness (QED) is 0.929. The van der Waals surface area contributed by atoms with Gasteiger partial charge in [0.25, 0.3) is 0 Å². The highest BCUT2D eigenvalue weighted by Crippen LogP contribution is 2.32. The van der Waals surface area contributed by atoms with Gasteiger partial charge in [0.2, 0.25) is 11.9 Å². The highest BCUT2D eigenvalue weighted by molar-refractivity contribution is 5.35. The summed E-state index contributed by atoms with van der Waals surface area (Å²) in [6.45, 7) is 0. The second-order valence-corrected chi connectivity index (χ2v) is 5.37. The number of aromatic nitrogens is 3. The summed E-state index contributed by atoms with van der Waals surface area (Å²) < 4.78 is 5.98. The molecule has 1 heterocycles. The first-order valence-corrected chi connectivity index (χ1v) is 7.07. The summed E-state index contributed by atoms with van der Waals surface area (Å²) in [6, 6.07) is 8.64. The Hall–Kier alpha value is -2.37. The lowest BCUT2D eigenvalue weighted by atomic mass is 9.89. The van der Waals surface area contributed by atoms with Gasteiger partial charge in [-0.05, 0) is 30.4 Å². The molecule has 2 aromatic rings. The first-order chi connectivity index (χ1) is 10.1. The zero-order valence-electron chi connectivity index (χ0n) is 12.3. The van der Waals surface area contributed by atoms with Crippen LogP contribution in [-0.4, -0.2) is 29.0 Å². The van der Waals surface area contributed by atoms with Crippen molar-refractivity contribution in [2.75, 3.05) is 24.7 Å². The van der Waals surface area contributed by atoms with Crippen molar-refractivity contribution < 1.29 is 4.74 Å². The number of ether oxygens (including phenoxy) is 1. The average molecular weight is 285 g/mol. The Morgan fingerprint density at radius 3 is 2.81 bits per heavy atom. The van der Waals surface area contributed by atoms with Crippen molar-refractivity contribution >= 4 is 11.9 Å². The minimum Gasteiger partial charge on any atom is -0.455 e. The molecule has 21 heavy (non-hydrogen) atoms. The largest absolute Gasteiger partial charge is 0.455 e. The number of anilines is 2. The number of nitrogens with zero attached hydrogens (tertiary/aromatic N) is 4. The van der Waals surface area contributed by atoms with E-state index in [-0.39, 0.29) is 18.1 Å². The summed E-state index contributed by atoms with van der Waals surface area (Å²) in [5.41, 5.74) is 8.28. The summed E-state index contributed by atoms with van der Waals surface area (Å²) in [7, 11) is 3.71. The number of aryl methyl sites for hydroxylation is 1. The molecule has 0 radical (unpaired) electrons. The second kappa shape index (κ2) is 5.55. The summed E-state index contributed by atoms with van der Waals surface area (Å²) in [4.78, 5) is 14.2. The number of hydrogen-bond acceptors (Lipinski definition) is 6. The lowest BCUT2D eigenvalue weighted by Crippen LogP contribution is -2.19. The van der Waals surface area contributed by atoms with Gasteiger partial charge in [0, 0.05) is 14.1 Å². The number of nitrogens with two attached hydrogens (primary N) is 1. The van der Waals surface area contributed by atoms with Crippen LogP contribution in [0.3, 0.4) is 0 Å². The summed E-state index contributed by atoms with van der Waals surface area (Å²) in [5.74, 6) is 0.675. The highest BCUT2D eigenvalue weighted by Gasteiger charge is 2.22. The van der Waals surface area contributed by atoms with Crippen molar-refractivity contribution in [2.45, 2.75) is 25.4 Å². The molecule has 2 N–H and O–H groups in total. The number of fused-ring (bicyclic) bond motifs is 1. The van der Waals surface area contributed by atoms with Gasteiger partial charge in [0.15, 0.2) is 0 Å². The van der Waals surface area contributed by atoms with Crippen LogP contribution in [0.15, 0.2) is 24.3 Å². The highest BCUT2D eigenvalue weighted by atomic mass is 16.5. The number of nitrogen functional groups attached to an aromatic ring is 1. The predicted octanol–water partition coefficient (Wildman–Crippen LogP) is 1.98. The van der Waals surface area contributed by atoms with Crippen molar-refractivity contribution in [3.8, 4) is 6.01 Å². The van der Waals surface area contributed by atoms with E-state index in [4.69, 9.17) is 10.5 Å². The molecule has 110 valence electrons. The van der Waals surface area contributed by atoms with E-state index in [0.717, 1.165) is 19.3 Å². The molecule has 0 bridgehead atoms. The molecule has 3 rings (SSSR count). The monoisotopic (exact) mass is 285 g/mol. The van der Waals surface area contributed by atoms with Gasteiger partial charge in [-0.25, -0.2) is 0 Å². The van der Waals surface area contributed by atoms with Crippen LogP contribution in [0.1, 0.15) is 30.1 Å². The van der Waals surface area contributed by atoms with E-state index in [1.165, 1.54) is 11.1 Å². The zero-order chi connectivity index (χ0) is 14.8. The van der Waals surface area contributed by atoms with E-state index in [2.05, 4.69) is 33.2 Å². The molecule has 1 aliphatic rings. The van der Waals surface area contributed by atoms with Crippen molar-refractivity contribution in [3.63, 3.8) is 0 Å². The van der Waals surface area contributed by atoms with Crippen LogP contribution < -0.4 is 15.4 Å². The minimum absolute atomic E-state index is 0.0215. The SMILES string of the molecule is CN(C)c1nc(N)nc(OC2CCCc3ccccc32)n1. The van der Waals surface area contributed by atoms with E-state index >= 15 is 0 Å². The van der Waals surface area contributed by atoms with Crippen molar-refractivity contribution in [2.24, 2.45) is 0 Å². The van der Waals surface area contributed by atoms with Gasteiger partial charge in [-0.3, -0.25) is 0 Å². The van der Waals surface area contributed by atoms with Crippen LogP contribution in [0, 0.1) is 0 Å². The minimum atomic E-state index is -0.0215. The lowest BCUT2D eigenvalue weighted by molar-refractivity contribution is 0.167. The van der Waals surface area contributed by atoms with Crippen LogP contribution in [-0.2, 0) is 6.42 Å². The van der Waals surface area contributed by atoms with Crippen molar-refractivity contribution in [3.05, 3.63) is 35.4 Å². The number of rotatable bonds is 3. The number of hydrogen-bond donors (Lipinski definition) is 1. The third kappa shape index (κ3) is 2.89. The molecule has 1 atom stereocenters. The van der Waals surface area contributed by atoms with E-state index in [1.54, 1.807) is 4.90 Å². The Kier molecular flexibility index (Phi) is 3.60. The fourth-order valence-electron chi connectivity index (χ4n) is 2.57. The summed E-state index contributed by atoms with van der Waals surface area (Å²) in [6.07, 6.45) is 3.13. The van der Waals surface area contributed by atoms with Gasteiger partial charge in [0.1, 0.15) is 6.10 Å². The topological polar surface area (TPSA) is 77.2 Å². The van der Waals surface area contributed by atoms with Crippen molar-refractivity contribution in [1.29, 1.82) is 0 Å². The molecule has 1 aromatic carbocycles. The van der Waals surface area contributed by atoms with Gasteiger partial charge in [-0.15, -0.1) is 0 Å². The van der Waals surface area contributed by atoms with Crippen LogP contribution in [0.4, 0.5) is 11.9 Å². The first kappa shape index (κ1) is 13.6. The molecule has 1 aliphatic carbocycles. The van der Waals surface area contributed by atoms with Crippen LogP contribution >= 0.6 is 0 Å². The third-order valence-corrected chi connectivity index (χ3v) is 3.58. The summed E-state index contributed by atoms with van der Waals surface area (Å²) in [5, 5.41) is 0. The maximum absolute atomic E-state index is 5.98. The summed E-state index contributed by atoms with van der Waals surface area (Å²) >= 11 is 0. The smallest absolute Gasteiger partial charge is 0.323 e. The Labute approximate surface area is 124 Å². The van der Waals surface area contributed by atoms with Crippen LogP contribution in [0.25, 0.3) is 0 Å². The van der Waals surface area contributed by atoms with Crippen LogP contribution in [0.2, 0.25) is 0 Å². The van der Waals surface area contributed by atoms with Gasteiger partial charge in [-0.1, -0.05) is 24.3 Å². The molecule has 0 saturated carbocycles. The van der Waals surface area contributed by atoms with Gasteiger partial charge >= 0.3 is 6.01 Å². The first-order valence-electron chi connectivity index (χ1n) is 7.07. The molecule has 0 spiro atoms. The fraction of sp³-hybridized carbons (Fsp3) is 0.400. The molecule has 1 unspecified atom stereocenters. The van der Waals surface area contributed by atoms with E-state index in [0.29, 0.717) is 5.95 Å². The van der Waals surface area contributed by atoms with Crippen LogP contribution in [0.5, 0.6) is 6.01 Å². The molecular weight excluding hydrogens is 266 g/mol. The molecule has 6 heteroatoms. The Morgan fingerprint density at radius 1 is 1.19 bits per heavy atom. The van der Waals surface area contributed by atoms with E-state index in [1.807, 2.05) is 20.2 Å². The lowest BCUT2D eigenvalue weighted by Gasteiger charge is -2.25. The van der Waals surface area contributed by atoms with E-state index < -0.39 is 0 Å². The Morgan fingerprint density at radius 2 is 2.00 bits per heavy atom. The van der Waals surface area contributed by atoms with Gasteiger partial charge in [-0.2, -0.15) is 15.0 Å². The van der Waals surface area contributed by atoms with E-state index in [9.17, 15) is 0 Å². The normalized spacial score (nSPS) is 17.1. The Bertz CT molecular complexity index is 644. The molecule has 0 aliphatic heterocycles. The predicted molar refractivity (Wildman–Crippen MR) is 81.3 cm³/mol. The van der Waals surface area contributed by atoms with Crippen molar-refractivity contribution in [1.82, 2.24) is 15.0 Å². The molecule has 6 nitrogen and oxygen atoms in total. The second-order valence-electron chi connectivity index (χ2n) is 5.37. The fourth-order valence-corrected chi connectivity index (χ4v) is 2.57. The van der Waals surface area contributed by atoms with Gasteiger partial charge in [0.05, 0.1) is 0 Å². The molecule has 0 fully saturated rings. The maximum atomic E-state index is 5.98. The molecule has 1 aromatic heterocycles. The molecule has 0 amide bonds. The maximum Gasteiger partial charge on any atom is 0.323 e. The Balaban J connectivity index is 1.88. The molecular formula is C15H19N5O. The third-order valence-electron chi connectivity index (χ3n) is 3.58.